The van der Waals surface area contributed by atoms with Crippen molar-refractivity contribution in [3.8, 4) is 0 Å². The summed E-state index contributed by atoms with van der Waals surface area (Å²) in [6.07, 6.45) is 0. The fraction of sp³-hybridized carbons (Fsp3) is 0.833. The molecular weight excluding hydrogens is 216 g/mol. The zero-order valence-electron chi connectivity index (χ0n) is 11.7. The van der Waals surface area contributed by atoms with Gasteiger partial charge < -0.3 is 16.0 Å². The van der Waals surface area contributed by atoms with Crippen LogP contribution < -0.4 is 16.0 Å². The van der Waals surface area contributed by atoms with Crippen LogP contribution in [0, 0.1) is 5.41 Å². The molecule has 0 radical (unpaired) electrons. The number of carbonyl (C=O) groups is 1. The van der Waals surface area contributed by atoms with Crippen molar-refractivity contribution in [1.29, 1.82) is 0 Å². The molecule has 0 unspecified atom stereocenters. The first kappa shape index (κ1) is 15.7. The monoisotopic (exact) mass is 242 g/mol. The Balaban J connectivity index is 3.94. The number of amides is 1. The van der Waals surface area contributed by atoms with E-state index in [1.165, 1.54) is 0 Å². The van der Waals surface area contributed by atoms with Crippen molar-refractivity contribution in [2.45, 2.75) is 34.6 Å². The fourth-order valence-corrected chi connectivity index (χ4v) is 1.11. The molecule has 5 heteroatoms. The minimum Gasteiger partial charge on any atom is -0.357 e. The zero-order valence-corrected chi connectivity index (χ0v) is 11.7. The lowest BCUT2D eigenvalue weighted by Crippen LogP contribution is -2.39. The third-order valence-corrected chi connectivity index (χ3v) is 2.04. The average Bonchev–Trinajstić information content (AvgIpc) is 2.23. The van der Waals surface area contributed by atoms with Gasteiger partial charge in [0.25, 0.3) is 0 Å². The highest BCUT2D eigenvalue weighted by atomic mass is 16.2. The maximum absolute atomic E-state index is 11.6. The number of nitrogens with zero attached hydrogens (tertiary/aromatic N) is 1. The van der Waals surface area contributed by atoms with Crippen LogP contribution in [0.1, 0.15) is 34.6 Å². The van der Waals surface area contributed by atoms with Crippen LogP contribution in [0.15, 0.2) is 4.99 Å². The number of aliphatic imine (C=N–C) groups is 1. The van der Waals surface area contributed by atoms with Gasteiger partial charge in [0.15, 0.2) is 5.96 Å². The third-order valence-electron chi connectivity index (χ3n) is 2.04. The number of rotatable bonds is 5. The molecule has 3 N–H and O–H groups in total. The highest BCUT2D eigenvalue weighted by Crippen LogP contribution is 2.11. The van der Waals surface area contributed by atoms with Crippen molar-refractivity contribution in [3.63, 3.8) is 0 Å². The zero-order chi connectivity index (χ0) is 13.3. The first-order chi connectivity index (χ1) is 7.91. The Morgan fingerprint density at radius 2 is 1.59 bits per heavy atom. The first-order valence-electron chi connectivity index (χ1n) is 6.22. The van der Waals surface area contributed by atoms with Crippen molar-refractivity contribution in [1.82, 2.24) is 16.0 Å². The van der Waals surface area contributed by atoms with E-state index in [0.717, 1.165) is 19.0 Å². The molecule has 0 aliphatic rings. The van der Waals surface area contributed by atoms with Gasteiger partial charge in [-0.3, -0.25) is 9.79 Å². The summed E-state index contributed by atoms with van der Waals surface area (Å²) in [4.78, 5) is 15.9. The summed E-state index contributed by atoms with van der Waals surface area (Å²) in [5.74, 6) is 0.848. The molecule has 0 bridgehead atoms. The molecule has 17 heavy (non-hydrogen) atoms. The highest BCUT2D eigenvalue weighted by molar-refractivity contribution is 5.81. The van der Waals surface area contributed by atoms with Crippen LogP contribution in [0.3, 0.4) is 0 Å². The molecule has 0 atom stereocenters. The van der Waals surface area contributed by atoms with Gasteiger partial charge in [0, 0.05) is 25.0 Å². The molecule has 0 aromatic rings. The lowest BCUT2D eigenvalue weighted by molar-refractivity contribution is -0.128. The molecular formula is C12H26N4O. The summed E-state index contributed by atoms with van der Waals surface area (Å²) in [5.41, 5.74) is -0.337. The van der Waals surface area contributed by atoms with Crippen molar-refractivity contribution in [3.05, 3.63) is 0 Å². The summed E-state index contributed by atoms with van der Waals surface area (Å²) < 4.78 is 0. The van der Waals surface area contributed by atoms with Crippen LogP contribution >= 0.6 is 0 Å². The molecule has 0 fully saturated rings. The maximum atomic E-state index is 11.6. The maximum Gasteiger partial charge on any atom is 0.225 e. The number of carbonyl (C=O) groups excluding carboxylic acids is 1. The molecule has 0 rings (SSSR count). The fourth-order valence-electron chi connectivity index (χ4n) is 1.11. The van der Waals surface area contributed by atoms with E-state index in [0.29, 0.717) is 13.1 Å². The highest BCUT2D eigenvalue weighted by Gasteiger charge is 2.19. The van der Waals surface area contributed by atoms with Gasteiger partial charge in [-0.2, -0.15) is 0 Å². The first-order valence-corrected chi connectivity index (χ1v) is 6.22. The standard InChI is InChI=1S/C12H26N4O/c1-6-13-11(14-7-2)16-9-8-15-10(17)12(3,4)5/h6-9H2,1-5H3,(H,15,17)(H2,13,14,16). The van der Waals surface area contributed by atoms with E-state index < -0.39 is 0 Å². The Bertz CT molecular complexity index is 248. The molecule has 1 amide bonds. The van der Waals surface area contributed by atoms with E-state index in [1.54, 1.807) is 0 Å². The Hall–Kier alpha value is -1.26. The number of guanidine groups is 1. The topological polar surface area (TPSA) is 65.5 Å². The normalized spacial score (nSPS) is 10.6. The molecule has 0 spiro atoms. The van der Waals surface area contributed by atoms with E-state index in [-0.39, 0.29) is 11.3 Å². The Morgan fingerprint density at radius 3 is 2.00 bits per heavy atom. The van der Waals surface area contributed by atoms with E-state index >= 15 is 0 Å². The van der Waals surface area contributed by atoms with Gasteiger partial charge in [0.2, 0.25) is 5.91 Å². The quantitative estimate of drug-likeness (QED) is 0.378. The largest absolute Gasteiger partial charge is 0.357 e. The van der Waals surface area contributed by atoms with Crippen molar-refractivity contribution in [2.75, 3.05) is 26.2 Å². The summed E-state index contributed by atoms with van der Waals surface area (Å²) in [5, 5.41) is 9.12. The molecule has 0 aliphatic heterocycles. The Kier molecular flexibility index (Phi) is 7.34. The van der Waals surface area contributed by atoms with Gasteiger partial charge >= 0.3 is 0 Å². The van der Waals surface area contributed by atoms with Gasteiger partial charge in [-0.15, -0.1) is 0 Å². The van der Waals surface area contributed by atoms with Crippen LogP contribution in [0.4, 0.5) is 0 Å². The van der Waals surface area contributed by atoms with Gasteiger partial charge in [0.05, 0.1) is 6.54 Å². The van der Waals surface area contributed by atoms with E-state index in [9.17, 15) is 4.79 Å². The second-order valence-corrected chi connectivity index (χ2v) is 4.80. The van der Waals surface area contributed by atoms with Gasteiger partial charge in [-0.1, -0.05) is 20.8 Å². The second-order valence-electron chi connectivity index (χ2n) is 4.80. The molecule has 0 saturated heterocycles. The van der Waals surface area contributed by atoms with Crippen molar-refractivity contribution < 1.29 is 4.79 Å². The van der Waals surface area contributed by atoms with E-state index in [2.05, 4.69) is 20.9 Å². The number of nitrogens with one attached hydrogen (secondary N) is 3. The summed E-state index contributed by atoms with van der Waals surface area (Å²) in [7, 11) is 0. The third kappa shape index (κ3) is 7.60. The number of hydrogen-bond acceptors (Lipinski definition) is 2. The average molecular weight is 242 g/mol. The van der Waals surface area contributed by atoms with Crippen LogP contribution in [0.25, 0.3) is 0 Å². The summed E-state index contributed by atoms with van der Waals surface area (Å²) in [6, 6.07) is 0. The minimum absolute atomic E-state index is 0.0566. The van der Waals surface area contributed by atoms with Crippen molar-refractivity contribution >= 4 is 11.9 Å². The molecule has 5 nitrogen and oxygen atoms in total. The van der Waals surface area contributed by atoms with Crippen LogP contribution in [0.5, 0.6) is 0 Å². The molecule has 0 aliphatic carbocycles. The van der Waals surface area contributed by atoms with Crippen LogP contribution in [0.2, 0.25) is 0 Å². The van der Waals surface area contributed by atoms with E-state index in [4.69, 9.17) is 0 Å². The van der Waals surface area contributed by atoms with Crippen molar-refractivity contribution in [2.24, 2.45) is 10.4 Å². The predicted molar refractivity (Wildman–Crippen MR) is 72.1 cm³/mol. The lowest BCUT2D eigenvalue weighted by Gasteiger charge is -2.17. The smallest absolute Gasteiger partial charge is 0.225 e. The van der Waals surface area contributed by atoms with Crippen LogP contribution in [-0.2, 0) is 4.79 Å². The molecule has 0 aromatic heterocycles. The van der Waals surface area contributed by atoms with Gasteiger partial charge in [0.1, 0.15) is 0 Å². The Labute approximate surface area is 104 Å². The Morgan fingerprint density at radius 1 is 1.06 bits per heavy atom. The van der Waals surface area contributed by atoms with Crippen LogP contribution in [-0.4, -0.2) is 38.0 Å². The molecule has 0 saturated carbocycles. The summed E-state index contributed by atoms with van der Waals surface area (Å²) >= 11 is 0. The second kappa shape index (κ2) is 7.92. The lowest BCUT2D eigenvalue weighted by atomic mass is 9.96. The molecule has 0 heterocycles. The van der Waals surface area contributed by atoms with E-state index in [1.807, 2.05) is 34.6 Å². The number of hydrogen-bond donors (Lipinski definition) is 3. The summed E-state index contributed by atoms with van der Waals surface area (Å²) in [6.45, 7) is 12.5. The molecule has 100 valence electrons. The SMILES string of the molecule is CCNC(=NCCNC(=O)C(C)(C)C)NCC. The van der Waals surface area contributed by atoms with Gasteiger partial charge in [-0.25, -0.2) is 0 Å². The van der Waals surface area contributed by atoms with Gasteiger partial charge in [-0.05, 0) is 13.8 Å². The predicted octanol–water partition coefficient (Wildman–Crippen LogP) is 0.724. The minimum atomic E-state index is -0.337. The molecule has 0 aromatic carbocycles.